The van der Waals surface area contributed by atoms with E-state index in [0.29, 0.717) is 10.6 Å². The molecule has 0 heterocycles. The van der Waals surface area contributed by atoms with E-state index in [2.05, 4.69) is 0 Å². The molecule has 0 aliphatic carbocycles. The molecule has 0 unspecified atom stereocenters. The number of carbonyl (C=O) groups is 1. The second-order valence-electron chi connectivity index (χ2n) is 4.42. The normalized spacial score (nSPS) is 10.5. The Morgan fingerprint density at radius 2 is 1.79 bits per heavy atom. The van der Waals surface area contributed by atoms with Crippen molar-refractivity contribution in [3.63, 3.8) is 0 Å². The summed E-state index contributed by atoms with van der Waals surface area (Å²) in [6.07, 6.45) is 0. The second-order valence-corrected chi connectivity index (χ2v) is 4.82. The molecule has 0 saturated heterocycles. The van der Waals surface area contributed by atoms with E-state index in [1.807, 2.05) is 13.8 Å². The molecule has 0 fully saturated rings. The van der Waals surface area contributed by atoms with Crippen molar-refractivity contribution < 1.29 is 14.3 Å². The first kappa shape index (κ1) is 13.6. The van der Waals surface area contributed by atoms with Crippen LogP contribution in [0, 0.1) is 19.7 Å². The van der Waals surface area contributed by atoms with Crippen LogP contribution in [0.3, 0.4) is 0 Å². The molecule has 2 aromatic rings. The van der Waals surface area contributed by atoms with Gasteiger partial charge >= 0.3 is 5.97 Å². The van der Waals surface area contributed by atoms with Gasteiger partial charge in [-0.15, -0.1) is 0 Å². The van der Waals surface area contributed by atoms with Gasteiger partial charge in [0, 0.05) is 10.6 Å². The molecule has 0 spiro atoms. The highest BCUT2D eigenvalue weighted by Crippen LogP contribution is 2.31. The molecule has 4 heteroatoms. The Morgan fingerprint density at radius 1 is 1.11 bits per heavy atom. The monoisotopic (exact) mass is 278 g/mol. The number of benzene rings is 2. The zero-order valence-corrected chi connectivity index (χ0v) is 11.3. The number of carboxylic acid groups (broad SMARTS) is 1. The summed E-state index contributed by atoms with van der Waals surface area (Å²) in [4.78, 5) is 11.0. The molecule has 0 atom stereocenters. The molecule has 0 aliphatic heterocycles. The Morgan fingerprint density at radius 3 is 2.42 bits per heavy atom. The number of hydrogen-bond acceptors (Lipinski definition) is 1. The minimum atomic E-state index is -1.08. The van der Waals surface area contributed by atoms with Gasteiger partial charge in [-0.05, 0) is 60.9 Å². The fraction of sp³-hybridized carbons (Fsp3) is 0.133. The maximum Gasteiger partial charge on any atom is 0.335 e. The number of rotatable bonds is 2. The Hall–Kier alpha value is -1.87. The summed E-state index contributed by atoms with van der Waals surface area (Å²) in [5.74, 6) is -1.53. The van der Waals surface area contributed by atoms with E-state index in [9.17, 15) is 9.18 Å². The van der Waals surface area contributed by atoms with Crippen LogP contribution >= 0.6 is 11.6 Å². The van der Waals surface area contributed by atoms with Crippen LogP contribution in [0.25, 0.3) is 11.1 Å². The van der Waals surface area contributed by atoms with Gasteiger partial charge in [-0.1, -0.05) is 11.6 Å². The van der Waals surface area contributed by atoms with Gasteiger partial charge in [0.05, 0.1) is 5.56 Å². The number of aromatic carboxylic acids is 1. The largest absolute Gasteiger partial charge is 0.478 e. The second kappa shape index (κ2) is 5.02. The minimum absolute atomic E-state index is 0.0587. The molecule has 2 aromatic carbocycles. The predicted octanol–water partition coefficient (Wildman–Crippen LogP) is 4.46. The van der Waals surface area contributed by atoms with E-state index >= 15 is 0 Å². The SMILES string of the molecule is Cc1cc(-c2cc(C(=O)O)ccc2F)c(C)cc1Cl. The first-order chi connectivity index (χ1) is 8.90. The first-order valence-electron chi connectivity index (χ1n) is 5.70. The van der Waals surface area contributed by atoms with Crippen molar-refractivity contribution in [1.82, 2.24) is 0 Å². The molecule has 0 saturated carbocycles. The van der Waals surface area contributed by atoms with Gasteiger partial charge in [-0.3, -0.25) is 0 Å². The van der Waals surface area contributed by atoms with Crippen LogP contribution in [0.2, 0.25) is 5.02 Å². The summed E-state index contributed by atoms with van der Waals surface area (Å²) in [7, 11) is 0. The zero-order chi connectivity index (χ0) is 14.2. The maximum absolute atomic E-state index is 13.9. The molecule has 0 bridgehead atoms. The average molecular weight is 279 g/mol. The fourth-order valence-corrected chi connectivity index (χ4v) is 2.15. The van der Waals surface area contributed by atoms with Gasteiger partial charge in [0.2, 0.25) is 0 Å². The van der Waals surface area contributed by atoms with E-state index in [4.69, 9.17) is 16.7 Å². The van der Waals surface area contributed by atoms with Crippen molar-refractivity contribution in [1.29, 1.82) is 0 Å². The van der Waals surface area contributed by atoms with Crippen LogP contribution in [-0.4, -0.2) is 11.1 Å². The lowest BCUT2D eigenvalue weighted by molar-refractivity contribution is 0.0697. The molecule has 0 radical (unpaired) electrons. The molecule has 19 heavy (non-hydrogen) atoms. The summed E-state index contributed by atoms with van der Waals surface area (Å²) >= 11 is 6.01. The highest BCUT2D eigenvalue weighted by molar-refractivity contribution is 6.31. The van der Waals surface area contributed by atoms with Crippen molar-refractivity contribution in [3.05, 3.63) is 57.9 Å². The van der Waals surface area contributed by atoms with Crippen LogP contribution < -0.4 is 0 Å². The van der Waals surface area contributed by atoms with E-state index in [1.54, 1.807) is 12.1 Å². The predicted molar refractivity (Wildman–Crippen MR) is 73.3 cm³/mol. The van der Waals surface area contributed by atoms with E-state index in [1.165, 1.54) is 18.2 Å². The topological polar surface area (TPSA) is 37.3 Å². The maximum atomic E-state index is 13.9. The van der Waals surface area contributed by atoms with Crippen molar-refractivity contribution in [2.45, 2.75) is 13.8 Å². The van der Waals surface area contributed by atoms with Crippen molar-refractivity contribution in [3.8, 4) is 11.1 Å². The van der Waals surface area contributed by atoms with Crippen LogP contribution in [0.4, 0.5) is 4.39 Å². The molecule has 0 aromatic heterocycles. The van der Waals surface area contributed by atoms with Gasteiger partial charge in [-0.25, -0.2) is 9.18 Å². The summed E-state index contributed by atoms with van der Waals surface area (Å²) in [5, 5.41) is 9.58. The van der Waals surface area contributed by atoms with E-state index < -0.39 is 11.8 Å². The quantitative estimate of drug-likeness (QED) is 0.880. The van der Waals surface area contributed by atoms with Gasteiger partial charge in [0.1, 0.15) is 5.82 Å². The molecule has 0 aliphatic rings. The smallest absolute Gasteiger partial charge is 0.335 e. The highest BCUT2D eigenvalue weighted by atomic mass is 35.5. The van der Waals surface area contributed by atoms with E-state index in [0.717, 1.165) is 11.1 Å². The molecule has 2 rings (SSSR count). The lowest BCUT2D eigenvalue weighted by Gasteiger charge is -2.11. The molecular weight excluding hydrogens is 267 g/mol. The third-order valence-electron chi connectivity index (χ3n) is 3.01. The summed E-state index contributed by atoms with van der Waals surface area (Å²) < 4.78 is 13.9. The van der Waals surface area contributed by atoms with Crippen LogP contribution in [-0.2, 0) is 0 Å². The van der Waals surface area contributed by atoms with Crippen molar-refractivity contribution >= 4 is 17.6 Å². The van der Waals surface area contributed by atoms with Crippen molar-refractivity contribution in [2.24, 2.45) is 0 Å². The average Bonchev–Trinajstić information content (AvgIpc) is 2.34. The first-order valence-corrected chi connectivity index (χ1v) is 6.08. The standard InChI is InChI=1S/C15H12ClFO2/c1-8-6-13(16)9(2)5-11(8)12-7-10(15(18)19)3-4-14(12)17/h3-7H,1-2H3,(H,18,19). The summed E-state index contributed by atoms with van der Waals surface area (Å²) in [5.41, 5.74) is 2.61. The summed E-state index contributed by atoms with van der Waals surface area (Å²) in [6.45, 7) is 3.64. The Labute approximate surface area is 115 Å². The van der Waals surface area contributed by atoms with Gasteiger partial charge in [0.25, 0.3) is 0 Å². The van der Waals surface area contributed by atoms with Crippen LogP contribution in [0.15, 0.2) is 30.3 Å². The number of aryl methyl sites for hydroxylation is 2. The third kappa shape index (κ3) is 2.61. The highest BCUT2D eigenvalue weighted by Gasteiger charge is 2.13. The van der Waals surface area contributed by atoms with Gasteiger partial charge < -0.3 is 5.11 Å². The third-order valence-corrected chi connectivity index (χ3v) is 3.42. The summed E-state index contributed by atoms with van der Waals surface area (Å²) in [6, 6.07) is 7.27. The Balaban J connectivity index is 2.67. The molecule has 1 N–H and O–H groups in total. The van der Waals surface area contributed by atoms with E-state index in [-0.39, 0.29) is 11.1 Å². The van der Waals surface area contributed by atoms with Crippen LogP contribution in [0.5, 0.6) is 0 Å². The molecule has 2 nitrogen and oxygen atoms in total. The van der Waals surface area contributed by atoms with Gasteiger partial charge in [-0.2, -0.15) is 0 Å². The zero-order valence-electron chi connectivity index (χ0n) is 10.5. The van der Waals surface area contributed by atoms with Crippen LogP contribution in [0.1, 0.15) is 21.5 Å². The Kier molecular flexibility index (Phi) is 3.58. The lowest BCUT2D eigenvalue weighted by atomic mass is 9.96. The fourth-order valence-electron chi connectivity index (χ4n) is 1.94. The lowest BCUT2D eigenvalue weighted by Crippen LogP contribution is -1.98. The number of hydrogen-bond donors (Lipinski definition) is 1. The van der Waals surface area contributed by atoms with Gasteiger partial charge in [0.15, 0.2) is 0 Å². The molecule has 0 amide bonds. The molecular formula is C15H12ClFO2. The van der Waals surface area contributed by atoms with Crippen molar-refractivity contribution in [2.75, 3.05) is 0 Å². The number of halogens is 2. The molecule has 98 valence electrons. The minimum Gasteiger partial charge on any atom is -0.478 e. The Bertz CT molecular complexity index is 665. The number of carboxylic acids is 1.